The summed E-state index contributed by atoms with van der Waals surface area (Å²) < 4.78 is 32.9. The van der Waals surface area contributed by atoms with Gasteiger partial charge in [0.1, 0.15) is 11.8 Å². The number of hydrogen-bond donors (Lipinski definition) is 2. The molecule has 0 aromatic heterocycles. The first kappa shape index (κ1) is 21.2. The molecule has 1 unspecified atom stereocenters. The van der Waals surface area contributed by atoms with E-state index >= 15 is 0 Å². The molecule has 2 N–H and O–H groups in total. The van der Waals surface area contributed by atoms with E-state index in [-0.39, 0.29) is 17.4 Å². The molecule has 2 aromatic carbocycles. The van der Waals surface area contributed by atoms with Gasteiger partial charge in [0.2, 0.25) is 15.9 Å². The Bertz CT molecular complexity index is 900. The molecular formula is C19H23ClN2O4S. The van der Waals surface area contributed by atoms with Gasteiger partial charge >= 0.3 is 0 Å². The molecule has 6 nitrogen and oxygen atoms in total. The van der Waals surface area contributed by atoms with Crippen LogP contribution in [0.1, 0.15) is 19.4 Å². The monoisotopic (exact) mass is 410 g/mol. The lowest BCUT2D eigenvalue weighted by Gasteiger charge is -2.22. The summed E-state index contributed by atoms with van der Waals surface area (Å²) in [5, 5.41) is 3.07. The Morgan fingerprint density at radius 1 is 1.15 bits per heavy atom. The number of methoxy groups -OCH3 is 1. The molecule has 0 radical (unpaired) electrons. The molecule has 1 atom stereocenters. The van der Waals surface area contributed by atoms with E-state index < -0.39 is 22.0 Å². The molecule has 0 aliphatic heterocycles. The molecule has 146 valence electrons. The van der Waals surface area contributed by atoms with Gasteiger partial charge in [0.25, 0.3) is 0 Å². The van der Waals surface area contributed by atoms with Crippen molar-refractivity contribution in [2.45, 2.75) is 31.3 Å². The minimum Gasteiger partial charge on any atom is -0.496 e. The molecule has 2 rings (SSSR count). The van der Waals surface area contributed by atoms with E-state index in [0.29, 0.717) is 10.8 Å². The standard InChI is InChI=1S/C19H23ClN2O4S/c1-13(2)18(22-27(24,25)16-9-6-8-15(20)11-16)19(23)21-12-14-7-4-5-10-17(14)26-3/h4-11,13,18,22H,12H2,1-3H3,(H,21,23). The maximum atomic E-state index is 12.6. The van der Waals surface area contributed by atoms with Crippen LogP contribution in [0.3, 0.4) is 0 Å². The van der Waals surface area contributed by atoms with E-state index in [2.05, 4.69) is 10.0 Å². The van der Waals surface area contributed by atoms with E-state index in [0.717, 1.165) is 5.56 Å². The number of carbonyl (C=O) groups excluding carboxylic acids is 1. The molecule has 0 saturated heterocycles. The number of ether oxygens (including phenoxy) is 1. The summed E-state index contributed by atoms with van der Waals surface area (Å²) in [5.41, 5.74) is 0.800. The topological polar surface area (TPSA) is 84.5 Å². The van der Waals surface area contributed by atoms with Gasteiger partial charge in [-0.2, -0.15) is 4.72 Å². The molecule has 8 heteroatoms. The van der Waals surface area contributed by atoms with Crippen LogP contribution in [-0.2, 0) is 21.4 Å². The summed E-state index contributed by atoms with van der Waals surface area (Å²) in [4.78, 5) is 12.6. The maximum absolute atomic E-state index is 12.6. The van der Waals surface area contributed by atoms with Crippen LogP contribution < -0.4 is 14.8 Å². The van der Waals surface area contributed by atoms with Gasteiger partial charge in [-0.05, 0) is 30.2 Å². The first-order chi connectivity index (χ1) is 12.7. The van der Waals surface area contributed by atoms with Gasteiger partial charge in [0.15, 0.2) is 0 Å². The van der Waals surface area contributed by atoms with Crippen LogP contribution in [0.25, 0.3) is 0 Å². The third-order valence-electron chi connectivity index (χ3n) is 3.98. The van der Waals surface area contributed by atoms with Gasteiger partial charge < -0.3 is 10.1 Å². The SMILES string of the molecule is COc1ccccc1CNC(=O)C(NS(=O)(=O)c1cccc(Cl)c1)C(C)C. The Labute approximate surface area is 164 Å². The van der Waals surface area contributed by atoms with Gasteiger partial charge in [0.05, 0.1) is 12.0 Å². The lowest BCUT2D eigenvalue weighted by atomic mass is 10.0. The average Bonchev–Trinajstić information content (AvgIpc) is 2.64. The summed E-state index contributed by atoms with van der Waals surface area (Å²) >= 11 is 5.88. The minimum absolute atomic E-state index is 0.0122. The summed E-state index contributed by atoms with van der Waals surface area (Å²) in [7, 11) is -2.34. The van der Waals surface area contributed by atoms with E-state index in [9.17, 15) is 13.2 Å². The van der Waals surface area contributed by atoms with Crippen LogP contribution in [0.15, 0.2) is 53.4 Å². The average molecular weight is 411 g/mol. The number of sulfonamides is 1. The zero-order valence-electron chi connectivity index (χ0n) is 15.4. The van der Waals surface area contributed by atoms with E-state index in [1.165, 1.54) is 12.1 Å². The van der Waals surface area contributed by atoms with Gasteiger partial charge in [-0.15, -0.1) is 0 Å². The van der Waals surface area contributed by atoms with Crippen molar-refractivity contribution in [1.29, 1.82) is 0 Å². The van der Waals surface area contributed by atoms with Crippen LogP contribution in [0.4, 0.5) is 0 Å². The lowest BCUT2D eigenvalue weighted by Crippen LogP contribution is -2.49. The second-order valence-corrected chi connectivity index (χ2v) is 8.48. The van der Waals surface area contributed by atoms with E-state index in [4.69, 9.17) is 16.3 Å². The van der Waals surface area contributed by atoms with E-state index in [1.54, 1.807) is 39.2 Å². The first-order valence-electron chi connectivity index (χ1n) is 8.42. The zero-order chi connectivity index (χ0) is 20.0. The van der Waals surface area contributed by atoms with Gasteiger partial charge in [-0.25, -0.2) is 8.42 Å². The first-order valence-corrected chi connectivity index (χ1v) is 10.3. The number of nitrogens with one attached hydrogen (secondary N) is 2. The highest BCUT2D eigenvalue weighted by molar-refractivity contribution is 7.89. The molecule has 1 amide bonds. The fourth-order valence-corrected chi connectivity index (χ4v) is 4.15. The molecule has 0 fully saturated rings. The Morgan fingerprint density at radius 3 is 2.48 bits per heavy atom. The van der Waals surface area contributed by atoms with Crippen LogP contribution >= 0.6 is 11.6 Å². The molecule has 0 aliphatic carbocycles. The van der Waals surface area contributed by atoms with Crippen LogP contribution in [0.5, 0.6) is 5.75 Å². The lowest BCUT2D eigenvalue weighted by molar-refractivity contribution is -0.123. The van der Waals surface area contributed by atoms with Crippen molar-refractivity contribution >= 4 is 27.5 Å². The molecule has 0 spiro atoms. The summed E-state index contributed by atoms with van der Waals surface area (Å²) in [6.07, 6.45) is 0. The largest absolute Gasteiger partial charge is 0.496 e. The smallest absolute Gasteiger partial charge is 0.241 e. The molecule has 0 heterocycles. The molecule has 0 aliphatic rings. The number of carbonyl (C=O) groups is 1. The number of amides is 1. The third kappa shape index (κ3) is 5.69. The Kier molecular flexibility index (Phi) is 7.24. The number of benzene rings is 2. The highest BCUT2D eigenvalue weighted by atomic mass is 35.5. The van der Waals surface area contributed by atoms with Gasteiger partial charge in [-0.3, -0.25) is 4.79 Å². The van der Waals surface area contributed by atoms with Crippen molar-refractivity contribution in [3.05, 3.63) is 59.1 Å². The Morgan fingerprint density at radius 2 is 1.85 bits per heavy atom. The number of para-hydroxylation sites is 1. The zero-order valence-corrected chi connectivity index (χ0v) is 17.0. The van der Waals surface area contributed by atoms with Crippen molar-refractivity contribution in [2.24, 2.45) is 5.92 Å². The quantitative estimate of drug-likeness (QED) is 0.700. The summed E-state index contributed by atoms with van der Waals surface area (Å²) in [6, 6.07) is 12.3. The second-order valence-electron chi connectivity index (χ2n) is 6.33. The molecule has 2 aromatic rings. The number of rotatable bonds is 8. The highest BCUT2D eigenvalue weighted by Gasteiger charge is 2.28. The summed E-state index contributed by atoms with van der Waals surface area (Å²) in [6.45, 7) is 3.77. The predicted octanol–water partition coefficient (Wildman–Crippen LogP) is 2.97. The molecule has 27 heavy (non-hydrogen) atoms. The molecule has 0 bridgehead atoms. The summed E-state index contributed by atoms with van der Waals surface area (Å²) in [5.74, 6) is -0.0171. The second kappa shape index (κ2) is 9.21. The fourth-order valence-electron chi connectivity index (χ4n) is 2.50. The van der Waals surface area contributed by atoms with E-state index in [1.807, 2.05) is 18.2 Å². The Hall–Kier alpha value is -2.09. The van der Waals surface area contributed by atoms with Gasteiger partial charge in [0, 0.05) is 17.1 Å². The van der Waals surface area contributed by atoms with Crippen molar-refractivity contribution in [3.8, 4) is 5.75 Å². The molecule has 0 saturated carbocycles. The van der Waals surface area contributed by atoms with Crippen molar-refractivity contribution in [3.63, 3.8) is 0 Å². The normalized spacial score (nSPS) is 12.6. The molecular weight excluding hydrogens is 388 g/mol. The Balaban J connectivity index is 2.13. The van der Waals surface area contributed by atoms with Crippen molar-refractivity contribution < 1.29 is 17.9 Å². The van der Waals surface area contributed by atoms with Crippen LogP contribution in [0, 0.1) is 5.92 Å². The maximum Gasteiger partial charge on any atom is 0.241 e. The highest BCUT2D eigenvalue weighted by Crippen LogP contribution is 2.18. The van der Waals surface area contributed by atoms with Crippen LogP contribution in [0.2, 0.25) is 5.02 Å². The number of hydrogen-bond acceptors (Lipinski definition) is 4. The fraction of sp³-hybridized carbons (Fsp3) is 0.316. The predicted molar refractivity (Wildman–Crippen MR) is 105 cm³/mol. The van der Waals surface area contributed by atoms with Gasteiger partial charge in [-0.1, -0.05) is 49.7 Å². The number of halogens is 1. The minimum atomic E-state index is -3.89. The van der Waals surface area contributed by atoms with Crippen LogP contribution in [-0.4, -0.2) is 27.5 Å². The van der Waals surface area contributed by atoms with Crippen molar-refractivity contribution in [2.75, 3.05) is 7.11 Å². The third-order valence-corrected chi connectivity index (χ3v) is 5.66. The van der Waals surface area contributed by atoms with Crippen molar-refractivity contribution in [1.82, 2.24) is 10.0 Å².